The Balaban J connectivity index is 1.48. The molecule has 2 N–H and O–H groups in total. The van der Waals surface area contributed by atoms with Crippen LogP contribution in [0.4, 0.5) is 0 Å². The Labute approximate surface area is 144 Å². The van der Waals surface area contributed by atoms with Gasteiger partial charge in [-0.2, -0.15) is 5.10 Å². The Hall–Kier alpha value is -3.41. The molecule has 0 fully saturated rings. The average Bonchev–Trinajstić information content (AvgIpc) is 3.31. The third-order valence-corrected chi connectivity index (χ3v) is 4.13. The zero-order chi connectivity index (χ0) is 17.1. The standard InChI is InChI=1S/C19H17N5O/c25-19(14-6-7-17-18(10-14)22-13-21-17)20-11-15-4-1-2-5-16(15)12-24-9-3-8-23-24/h1-10,13H,11-12H2,(H,20,25)(H,21,22). The molecule has 0 aliphatic rings. The van der Waals surface area contributed by atoms with Crippen LogP contribution in [0.25, 0.3) is 11.0 Å². The van der Waals surface area contributed by atoms with E-state index in [0.717, 1.165) is 22.2 Å². The number of imidazole rings is 1. The Bertz CT molecular complexity index is 1000. The van der Waals surface area contributed by atoms with Gasteiger partial charge in [-0.3, -0.25) is 9.48 Å². The highest BCUT2D eigenvalue weighted by atomic mass is 16.1. The van der Waals surface area contributed by atoms with Crippen molar-refractivity contribution >= 4 is 16.9 Å². The number of rotatable bonds is 5. The van der Waals surface area contributed by atoms with E-state index in [1.165, 1.54) is 0 Å². The van der Waals surface area contributed by atoms with Crippen molar-refractivity contribution in [3.63, 3.8) is 0 Å². The van der Waals surface area contributed by atoms with Crippen LogP contribution in [0, 0.1) is 0 Å². The van der Waals surface area contributed by atoms with Crippen LogP contribution in [0.2, 0.25) is 0 Å². The topological polar surface area (TPSA) is 75.6 Å². The van der Waals surface area contributed by atoms with Crippen molar-refractivity contribution in [2.24, 2.45) is 0 Å². The summed E-state index contributed by atoms with van der Waals surface area (Å²) in [6.07, 6.45) is 5.31. The molecule has 0 radical (unpaired) electrons. The molecule has 2 aromatic heterocycles. The van der Waals surface area contributed by atoms with E-state index in [4.69, 9.17) is 0 Å². The van der Waals surface area contributed by atoms with E-state index in [1.54, 1.807) is 18.6 Å². The van der Waals surface area contributed by atoms with E-state index in [0.29, 0.717) is 18.7 Å². The van der Waals surface area contributed by atoms with Gasteiger partial charge in [0.1, 0.15) is 0 Å². The molecule has 0 aliphatic heterocycles. The Morgan fingerprint density at radius 2 is 2.00 bits per heavy atom. The summed E-state index contributed by atoms with van der Waals surface area (Å²) in [7, 11) is 0. The van der Waals surface area contributed by atoms with Gasteiger partial charge in [0.15, 0.2) is 0 Å². The smallest absolute Gasteiger partial charge is 0.251 e. The highest BCUT2D eigenvalue weighted by molar-refractivity contribution is 5.97. The molecule has 6 heteroatoms. The first-order chi connectivity index (χ1) is 12.3. The number of amides is 1. The van der Waals surface area contributed by atoms with Crippen molar-refractivity contribution in [2.75, 3.05) is 0 Å². The highest BCUT2D eigenvalue weighted by Crippen LogP contribution is 2.13. The van der Waals surface area contributed by atoms with Crippen LogP contribution in [-0.2, 0) is 13.1 Å². The fourth-order valence-electron chi connectivity index (χ4n) is 2.81. The zero-order valence-electron chi connectivity index (χ0n) is 13.5. The lowest BCUT2D eigenvalue weighted by Gasteiger charge is -2.11. The molecule has 0 unspecified atom stereocenters. The lowest BCUT2D eigenvalue weighted by molar-refractivity contribution is 0.0951. The molecule has 1 amide bonds. The summed E-state index contributed by atoms with van der Waals surface area (Å²) in [5, 5.41) is 7.23. The van der Waals surface area contributed by atoms with E-state index < -0.39 is 0 Å². The molecular formula is C19H17N5O. The molecule has 0 aliphatic carbocycles. The van der Waals surface area contributed by atoms with Crippen molar-refractivity contribution in [1.29, 1.82) is 0 Å². The Kier molecular flexibility index (Phi) is 4.00. The van der Waals surface area contributed by atoms with Crippen molar-refractivity contribution in [3.8, 4) is 0 Å². The summed E-state index contributed by atoms with van der Waals surface area (Å²) >= 11 is 0. The second kappa shape index (κ2) is 6.60. The molecule has 6 nitrogen and oxygen atoms in total. The second-order valence-corrected chi connectivity index (χ2v) is 5.79. The van der Waals surface area contributed by atoms with Crippen molar-refractivity contribution in [1.82, 2.24) is 25.1 Å². The van der Waals surface area contributed by atoms with Crippen molar-refractivity contribution in [2.45, 2.75) is 13.1 Å². The fourth-order valence-corrected chi connectivity index (χ4v) is 2.81. The maximum absolute atomic E-state index is 12.4. The first-order valence-corrected chi connectivity index (χ1v) is 8.05. The normalized spacial score (nSPS) is 10.9. The number of hydrogen-bond donors (Lipinski definition) is 2. The minimum atomic E-state index is -0.106. The maximum Gasteiger partial charge on any atom is 0.251 e. The van der Waals surface area contributed by atoms with Crippen LogP contribution in [0.3, 0.4) is 0 Å². The van der Waals surface area contributed by atoms with Gasteiger partial charge in [0.05, 0.1) is 23.9 Å². The van der Waals surface area contributed by atoms with Crippen LogP contribution in [-0.4, -0.2) is 25.7 Å². The summed E-state index contributed by atoms with van der Waals surface area (Å²) < 4.78 is 1.87. The molecule has 2 heterocycles. The molecule has 4 rings (SSSR count). The van der Waals surface area contributed by atoms with Gasteiger partial charge in [-0.25, -0.2) is 4.98 Å². The Morgan fingerprint density at radius 3 is 2.84 bits per heavy atom. The predicted octanol–water partition coefficient (Wildman–Crippen LogP) is 2.74. The molecule has 0 saturated carbocycles. The van der Waals surface area contributed by atoms with Gasteiger partial charge in [-0.15, -0.1) is 0 Å². The summed E-state index contributed by atoms with van der Waals surface area (Å²) in [5.41, 5.74) is 4.53. The number of fused-ring (bicyclic) bond motifs is 1. The molecule has 0 spiro atoms. The van der Waals surface area contributed by atoms with Crippen LogP contribution < -0.4 is 5.32 Å². The van der Waals surface area contributed by atoms with Gasteiger partial charge in [0, 0.05) is 24.5 Å². The van der Waals surface area contributed by atoms with Crippen LogP contribution in [0.1, 0.15) is 21.5 Å². The van der Waals surface area contributed by atoms with Crippen molar-refractivity contribution in [3.05, 3.63) is 83.9 Å². The average molecular weight is 331 g/mol. The van der Waals surface area contributed by atoms with Gasteiger partial charge < -0.3 is 10.3 Å². The summed E-state index contributed by atoms with van der Waals surface area (Å²) in [6, 6.07) is 15.4. The van der Waals surface area contributed by atoms with E-state index in [-0.39, 0.29) is 5.91 Å². The molecule has 0 atom stereocenters. The number of hydrogen-bond acceptors (Lipinski definition) is 3. The fraction of sp³-hybridized carbons (Fsp3) is 0.105. The maximum atomic E-state index is 12.4. The SMILES string of the molecule is O=C(NCc1ccccc1Cn1cccn1)c1ccc2nc[nH]c2c1. The van der Waals surface area contributed by atoms with Crippen molar-refractivity contribution < 1.29 is 4.79 Å². The van der Waals surface area contributed by atoms with E-state index in [9.17, 15) is 4.79 Å². The van der Waals surface area contributed by atoms with E-state index >= 15 is 0 Å². The first-order valence-electron chi connectivity index (χ1n) is 8.05. The monoisotopic (exact) mass is 331 g/mol. The van der Waals surface area contributed by atoms with E-state index in [2.05, 4.69) is 26.4 Å². The molecule has 0 saturated heterocycles. The summed E-state index contributed by atoms with van der Waals surface area (Å²) in [4.78, 5) is 19.6. The number of benzene rings is 2. The molecule has 25 heavy (non-hydrogen) atoms. The summed E-state index contributed by atoms with van der Waals surface area (Å²) in [6.45, 7) is 1.15. The minimum Gasteiger partial charge on any atom is -0.348 e. The minimum absolute atomic E-state index is 0.106. The molecule has 0 bridgehead atoms. The quantitative estimate of drug-likeness (QED) is 0.590. The Morgan fingerprint density at radius 1 is 1.12 bits per heavy atom. The van der Waals surface area contributed by atoms with Gasteiger partial charge in [0.2, 0.25) is 0 Å². The number of carbonyl (C=O) groups excluding carboxylic acids is 1. The number of nitrogens with zero attached hydrogens (tertiary/aromatic N) is 3. The lowest BCUT2D eigenvalue weighted by atomic mass is 10.1. The lowest BCUT2D eigenvalue weighted by Crippen LogP contribution is -2.23. The first kappa shape index (κ1) is 15.1. The van der Waals surface area contributed by atoms with Gasteiger partial charge in [-0.1, -0.05) is 24.3 Å². The van der Waals surface area contributed by atoms with Gasteiger partial charge >= 0.3 is 0 Å². The molecule has 4 aromatic rings. The highest BCUT2D eigenvalue weighted by Gasteiger charge is 2.09. The third kappa shape index (κ3) is 3.28. The van der Waals surface area contributed by atoms with Gasteiger partial charge in [0.25, 0.3) is 5.91 Å². The predicted molar refractivity (Wildman–Crippen MR) is 95.0 cm³/mol. The van der Waals surface area contributed by atoms with Crippen LogP contribution in [0.5, 0.6) is 0 Å². The number of aromatic nitrogens is 4. The number of aromatic amines is 1. The summed E-state index contributed by atoms with van der Waals surface area (Å²) in [5.74, 6) is -0.106. The molecule has 124 valence electrons. The second-order valence-electron chi connectivity index (χ2n) is 5.79. The van der Waals surface area contributed by atoms with Crippen LogP contribution in [0.15, 0.2) is 67.3 Å². The molecule has 2 aromatic carbocycles. The van der Waals surface area contributed by atoms with Gasteiger partial charge in [-0.05, 0) is 35.4 Å². The number of H-pyrrole nitrogens is 1. The zero-order valence-corrected chi connectivity index (χ0v) is 13.5. The number of carbonyl (C=O) groups is 1. The van der Waals surface area contributed by atoms with E-state index in [1.807, 2.05) is 47.3 Å². The largest absolute Gasteiger partial charge is 0.348 e. The number of nitrogens with one attached hydrogen (secondary N) is 2. The molecular weight excluding hydrogens is 314 g/mol. The third-order valence-electron chi connectivity index (χ3n) is 4.13. The van der Waals surface area contributed by atoms with Crippen LogP contribution >= 0.6 is 0 Å².